The van der Waals surface area contributed by atoms with E-state index in [1.807, 2.05) is 0 Å². The highest BCUT2D eigenvalue weighted by Gasteiger charge is 2.25. The second-order valence-electron chi connectivity index (χ2n) is 2.87. The number of nitrogens with zero attached hydrogens (tertiary/aromatic N) is 1. The minimum atomic E-state index is 0.175. The van der Waals surface area contributed by atoms with E-state index >= 15 is 0 Å². The fourth-order valence-corrected chi connectivity index (χ4v) is 2.45. The predicted octanol–water partition coefficient (Wildman–Crippen LogP) is 1.96. The lowest BCUT2D eigenvalue weighted by Crippen LogP contribution is -1.99. The summed E-state index contributed by atoms with van der Waals surface area (Å²) >= 11 is 1.39. The maximum atomic E-state index is 10.7. The van der Waals surface area contributed by atoms with Gasteiger partial charge >= 0.3 is 0 Å². The zero-order chi connectivity index (χ0) is 8.27. The van der Waals surface area contributed by atoms with Crippen LogP contribution < -0.4 is 0 Å². The van der Waals surface area contributed by atoms with Crippen LogP contribution in [0.4, 0.5) is 0 Å². The third kappa shape index (κ3) is 2.55. The molecule has 0 saturated heterocycles. The van der Waals surface area contributed by atoms with E-state index in [0.717, 1.165) is 19.3 Å². The van der Waals surface area contributed by atoms with Gasteiger partial charge in [-0.25, -0.2) is 0 Å². The van der Waals surface area contributed by atoms with Crippen LogP contribution in [0.15, 0.2) is 0 Å². The van der Waals surface area contributed by atoms with Crippen LogP contribution in [0.5, 0.6) is 0 Å². The van der Waals surface area contributed by atoms with Gasteiger partial charge in [-0.15, -0.1) is 0 Å². The molecule has 1 fully saturated rings. The normalized spacial score (nSPS) is 29.8. The third-order valence-corrected chi connectivity index (χ3v) is 2.99. The van der Waals surface area contributed by atoms with Crippen LogP contribution in [-0.2, 0) is 4.79 Å². The molecule has 1 saturated carbocycles. The molecule has 1 rings (SSSR count). The van der Waals surface area contributed by atoms with Crippen molar-refractivity contribution in [2.45, 2.75) is 31.4 Å². The molecule has 0 amide bonds. The molecule has 0 unspecified atom stereocenters. The Labute approximate surface area is 71.0 Å². The lowest BCUT2D eigenvalue weighted by Gasteiger charge is -2.03. The number of hydrogen-bond donors (Lipinski definition) is 0. The van der Waals surface area contributed by atoms with E-state index in [2.05, 4.69) is 6.07 Å². The monoisotopic (exact) mass is 169 g/mol. The first-order valence-electron chi connectivity index (χ1n) is 3.79. The van der Waals surface area contributed by atoms with Gasteiger partial charge in [0, 0.05) is 18.1 Å². The summed E-state index contributed by atoms with van der Waals surface area (Å²) in [6.45, 7) is 1.59. The smallest absolute Gasteiger partial charge is 0.186 e. The van der Waals surface area contributed by atoms with Crippen molar-refractivity contribution in [1.82, 2.24) is 0 Å². The van der Waals surface area contributed by atoms with Crippen LogP contribution in [-0.4, -0.2) is 10.4 Å². The van der Waals surface area contributed by atoms with Crippen LogP contribution >= 0.6 is 11.8 Å². The first-order chi connectivity index (χ1) is 5.22. The second-order valence-corrected chi connectivity index (χ2v) is 4.35. The molecule has 0 aromatic heterocycles. The number of carbonyl (C=O) groups excluding carboxylic acids is 1. The van der Waals surface area contributed by atoms with Gasteiger partial charge in [0.15, 0.2) is 5.12 Å². The topological polar surface area (TPSA) is 40.9 Å². The standard InChI is InChI=1S/C8H11NOS/c1-6(10)11-8-3-2-7(4-8)5-9/h7-8H,2-4H2,1H3/t7-,8+/m1/s1. The van der Waals surface area contributed by atoms with E-state index in [1.165, 1.54) is 11.8 Å². The van der Waals surface area contributed by atoms with Gasteiger partial charge in [0.1, 0.15) is 0 Å². The number of rotatable bonds is 1. The van der Waals surface area contributed by atoms with E-state index in [-0.39, 0.29) is 11.0 Å². The predicted molar refractivity (Wildman–Crippen MR) is 45.0 cm³/mol. The van der Waals surface area contributed by atoms with Crippen molar-refractivity contribution in [1.29, 1.82) is 5.26 Å². The van der Waals surface area contributed by atoms with Gasteiger partial charge in [-0.2, -0.15) is 5.26 Å². The molecule has 2 atom stereocenters. The first-order valence-corrected chi connectivity index (χ1v) is 4.67. The molecule has 0 aliphatic heterocycles. The average molecular weight is 169 g/mol. The summed E-state index contributed by atoms with van der Waals surface area (Å²) in [7, 11) is 0. The van der Waals surface area contributed by atoms with E-state index in [4.69, 9.17) is 5.26 Å². The van der Waals surface area contributed by atoms with Crippen LogP contribution in [0.2, 0.25) is 0 Å². The van der Waals surface area contributed by atoms with Gasteiger partial charge in [-0.05, 0) is 19.3 Å². The van der Waals surface area contributed by atoms with Gasteiger partial charge in [0.2, 0.25) is 0 Å². The molecule has 3 heteroatoms. The Kier molecular flexibility index (Phi) is 2.95. The van der Waals surface area contributed by atoms with Crippen molar-refractivity contribution in [3.05, 3.63) is 0 Å². The number of hydrogen-bond acceptors (Lipinski definition) is 3. The molecule has 2 nitrogen and oxygen atoms in total. The second kappa shape index (κ2) is 3.77. The molecule has 0 aromatic carbocycles. The Morgan fingerprint density at radius 1 is 1.64 bits per heavy atom. The largest absolute Gasteiger partial charge is 0.288 e. The average Bonchev–Trinajstić information content (AvgIpc) is 2.34. The van der Waals surface area contributed by atoms with Crippen molar-refractivity contribution in [2.24, 2.45) is 5.92 Å². The van der Waals surface area contributed by atoms with Crippen LogP contribution in [0.3, 0.4) is 0 Å². The van der Waals surface area contributed by atoms with E-state index < -0.39 is 0 Å². The SMILES string of the molecule is CC(=O)S[C@H]1CC[C@@H](C#N)C1. The maximum Gasteiger partial charge on any atom is 0.186 e. The third-order valence-electron chi connectivity index (χ3n) is 1.90. The van der Waals surface area contributed by atoms with Crippen LogP contribution in [0.25, 0.3) is 0 Å². The van der Waals surface area contributed by atoms with Crippen LogP contribution in [0.1, 0.15) is 26.2 Å². The van der Waals surface area contributed by atoms with Crippen molar-refractivity contribution in [2.75, 3.05) is 0 Å². The summed E-state index contributed by atoms with van der Waals surface area (Å²) in [6.07, 6.45) is 2.91. The Bertz CT molecular complexity index is 197. The molecular weight excluding hydrogens is 158 g/mol. The molecule has 0 aromatic rings. The summed E-state index contributed by atoms with van der Waals surface area (Å²) in [5, 5.41) is 9.16. The first kappa shape index (κ1) is 8.61. The summed E-state index contributed by atoms with van der Waals surface area (Å²) in [6, 6.07) is 2.24. The molecule has 1 aliphatic carbocycles. The number of carbonyl (C=O) groups is 1. The molecule has 0 spiro atoms. The highest BCUT2D eigenvalue weighted by Crippen LogP contribution is 2.33. The van der Waals surface area contributed by atoms with Gasteiger partial charge in [0.05, 0.1) is 6.07 Å². The molecule has 0 N–H and O–H groups in total. The summed E-state index contributed by atoms with van der Waals surface area (Å²) in [4.78, 5) is 10.7. The van der Waals surface area contributed by atoms with Gasteiger partial charge in [-0.3, -0.25) is 4.79 Å². The van der Waals surface area contributed by atoms with E-state index in [1.54, 1.807) is 6.92 Å². The molecule has 0 heterocycles. The number of thioether (sulfide) groups is 1. The molecule has 0 bridgehead atoms. The Balaban J connectivity index is 2.31. The minimum absolute atomic E-state index is 0.175. The lowest BCUT2D eigenvalue weighted by molar-refractivity contribution is -0.109. The molecule has 1 aliphatic rings. The Morgan fingerprint density at radius 2 is 2.36 bits per heavy atom. The summed E-state index contributed by atoms with van der Waals surface area (Å²) in [5.41, 5.74) is 0. The highest BCUT2D eigenvalue weighted by atomic mass is 32.2. The summed E-state index contributed by atoms with van der Waals surface area (Å²) < 4.78 is 0. The van der Waals surface area contributed by atoms with Crippen molar-refractivity contribution >= 4 is 16.9 Å². The highest BCUT2D eigenvalue weighted by molar-refractivity contribution is 8.14. The van der Waals surface area contributed by atoms with Crippen LogP contribution in [0, 0.1) is 17.2 Å². The quantitative estimate of drug-likeness (QED) is 0.602. The minimum Gasteiger partial charge on any atom is -0.288 e. The fourth-order valence-electron chi connectivity index (χ4n) is 1.40. The van der Waals surface area contributed by atoms with Gasteiger partial charge in [-0.1, -0.05) is 11.8 Å². The molecule has 11 heavy (non-hydrogen) atoms. The van der Waals surface area contributed by atoms with Gasteiger partial charge < -0.3 is 0 Å². The van der Waals surface area contributed by atoms with E-state index in [9.17, 15) is 4.79 Å². The fraction of sp³-hybridized carbons (Fsp3) is 0.750. The molecular formula is C8H11NOS. The van der Waals surface area contributed by atoms with Crippen molar-refractivity contribution in [3.63, 3.8) is 0 Å². The van der Waals surface area contributed by atoms with E-state index in [0.29, 0.717) is 5.25 Å². The van der Waals surface area contributed by atoms with Crippen molar-refractivity contribution < 1.29 is 4.79 Å². The lowest BCUT2D eigenvalue weighted by atomic mass is 10.1. The van der Waals surface area contributed by atoms with Gasteiger partial charge in [0.25, 0.3) is 0 Å². The zero-order valence-electron chi connectivity index (χ0n) is 6.54. The Hall–Kier alpha value is -0.490. The summed E-state index contributed by atoms with van der Waals surface area (Å²) in [5.74, 6) is 0.201. The Morgan fingerprint density at radius 3 is 2.82 bits per heavy atom. The maximum absolute atomic E-state index is 10.7. The number of nitriles is 1. The zero-order valence-corrected chi connectivity index (χ0v) is 7.36. The molecule has 60 valence electrons. The van der Waals surface area contributed by atoms with Crippen molar-refractivity contribution in [3.8, 4) is 6.07 Å². The molecule has 0 radical (unpaired) electrons.